The second-order valence-corrected chi connectivity index (χ2v) is 8.08. The van der Waals surface area contributed by atoms with Gasteiger partial charge in [-0.1, -0.05) is 30.3 Å². The Bertz CT molecular complexity index is 638. The normalized spacial score (nSPS) is 25.8. The second-order valence-electron chi connectivity index (χ2n) is 5.74. The molecule has 3 rings (SSSR count). The Hall–Kier alpha value is -1.31. The van der Waals surface area contributed by atoms with Gasteiger partial charge in [0.2, 0.25) is 0 Å². The smallest absolute Gasteiger partial charge is 0.410 e. The molecule has 1 aromatic carbocycles. The fraction of sp³-hybridized carbons (Fsp3) is 0.533. The molecule has 128 valence electrons. The van der Waals surface area contributed by atoms with Gasteiger partial charge in [0.1, 0.15) is 6.61 Å². The van der Waals surface area contributed by atoms with E-state index in [2.05, 4.69) is 5.32 Å². The Morgan fingerprint density at radius 3 is 2.78 bits per heavy atom. The number of halogens is 1. The standard InChI is InChI=1S/C15H20N2O4S.ClH/c18-15(21-11-12-4-2-1-3-5-12)17-8-6-13-14(10-17)22(19,20)9-7-16-13;/h1-5,13-14,16H,6-11H2;1H. The van der Waals surface area contributed by atoms with Gasteiger partial charge in [0.25, 0.3) is 0 Å². The maximum Gasteiger partial charge on any atom is 0.410 e. The van der Waals surface area contributed by atoms with Gasteiger partial charge in [-0.25, -0.2) is 13.2 Å². The first kappa shape index (κ1) is 18.0. The average Bonchev–Trinajstić information content (AvgIpc) is 2.53. The van der Waals surface area contributed by atoms with Crippen LogP contribution in [0.25, 0.3) is 0 Å². The molecule has 0 saturated carbocycles. The van der Waals surface area contributed by atoms with Gasteiger partial charge in [-0.3, -0.25) is 0 Å². The Morgan fingerprint density at radius 1 is 1.30 bits per heavy atom. The third-order valence-corrected chi connectivity index (χ3v) is 6.45. The van der Waals surface area contributed by atoms with Crippen LogP contribution in [0.1, 0.15) is 12.0 Å². The topological polar surface area (TPSA) is 75.7 Å². The molecular weight excluding hydrogens is 340 g/mol. The van der Waals surface area contributed by atoms with E-state index in [4.69, 9.17) is 4.74 Å². The molecule has 2 atom stereocenters. The first-order valence-corrected chi connectivity index (χ1v) is 9.18. The maximum absolute atomic E-state index is 12.1. The number of rotatable bonds is 2. The van der Waals surface area contributed by atoms with Crippen molar-refractivity contribution in [2.75, 3.05) is 25.4 Å². The molecule has 2 fully saturated rings. The zero-order valence-corrected chi connectivity index (χ0v) is 14.3. The Labute approximate surface area is 142 Å². The molecule has 1 N–H and O–H groups in total. The van der Waals surface area contributed by atoms with Crippen molar-refractivity contribution in [1.29, 1.82) is 0 Å². The van der Waals surface area contributed by atoms with E-state index in [1.165, 1.54) is 4.90 Å². The summed E-state index contributed by atoms with van der Waals surface area (Å²) in [7, 11) is -3.13. The van der Waals surface area contributed by atoms with Crippen molar-refractivity contribution in [2.24, 2.45) is 0 Å². The van der Waals surface area contributed by atoms with Crippen molar-refractivity contribution in [3.8, 4) is 0 Å². The van der Waals surface area contributed by atoms with Crippen LogP contribution in [0.3, 0.4) is 0 Å². The summed E-state index contributed by atoms with van der Waals surface area (Å²) in [5.74, 6) is 0.140. The molecule has 8 heteroatoms. The lowest BCUT2D eigenvalue weighted by Crippen LogP contribution is -2.61. The number of amides is 1. The molecule has 2 unspecified atom stereocenters. The molecule has 0 radical (unpaired) electrons. The van der Waals surface area contributed by atoms with E-state index in [0.29, 0.717) is 19.5 Å². The van der Waals surface area contributed by atoms with Crippen molar-refractivity contribution in [3.63, 3.8) is 0 Å². The van der Waals surface area contributed by atoms with E-state index in [9.17, 15) is 13.2 Å². The minimum atomic E-state index is -3.13. The highest BCUT2D eigenvalue weighted by atomic mass is 35.5. The highest BCUT2D eigenvalue weighted by molar-refractivity contribution is 7.92. The number of ether oxygens (including phenoxy) is 1. The highest BCUT2D eigenvalue weighted by Gasteiger charge is 2.42. The van der Waals surface area contributed by atoms with Crippen molar-refractivity contribution in [1.82, 2.24) is 10.2 Å². The van der Waals surface area contributed by atoms with E-state index in [1.807, 2.05) is 30.3 Å². The zero-order valence-electron chi connectivity index (χ0n) is 12.7. The van der Waals surface area contributed by atoms with Crippen molar-refractivity contribution in [2.45, 2.75) is 24.3 Å². The van der Waals surface area contributed by atoms with E-state index < -0.39 is 21.2 Å². The fourth-order valence-corrected chi connectivity index (χ4v) is 4.87. The van der Waals surface area contributed by atoms with Crippen LogP contribution in [0.2, 0.25) is 0 Å². The third-order valence-electron chi connectivity index (χ3n) is 4.28. The lowest BCUT2D eigenvalue weighted by Gasteiger charge is -2.40. The number of nitrogens with one attached hydrogen (secondary N) is 1. The van der Waals surface area contributed by atoms with Gasteiger partial charge < -0.3 is 15.0 Å². The summed E-state index contributed by atoms with van der Waals surface area (Å²) in [5.41, 5.74) is 0.915. The van der Waals surface area contributed by atoms with Gasteiger partial charge >= 0.3 is 6.09 Å². The number of nitrogens with zero attached hydrogens (tertiary/aromatic N) is 1. The molecule has 2 aliphatic heterocycles. The number of fused-ring (bicyclic) bond motifs is 1. The molecular formula is C15H21ClN2O4S. The molecule has 2 heterocycles. The van der Waals surface area contributed by atoms with E-state index >= 15 is 0 Å². The predicted octanol–water partition coefficient (Wildman–Crippen LogP) is 1.21. The molecule has 2 aliphatic rings. The maximum atomic E-state index is 12.1. The van der Waals surface area contributed by atoms with Crippen LogP contribution in [-0.4, -0.2) is 56.1 Å². The van der Waals surface area contributed by atoms with Gasteiger partial charge in [-0.2, -0.15) is 0 Å². The molecule has 1 aromatic rings. The van der Waals surface area contributed by atoms with Crippen LogP contribution < -0.4 is 5.32 Å². The summed E-state index contributed by atoms with van der Waals surface area (Å²) in [5, 5.41) is 2.72. The van der Waals surface area contributed by atoms with Crippen molar-refractivity contribution < 1.29 is 17.9 Å². The number of carbonyl (C=O) groups is 1. The number of benzene rings is 1. The molecule has 23 heavy (non-hydrogen) atoms. The minimum absolute atomic E-state index is 0. The van der Waals surface area contributed by atoms with E-state index in [1.54, 1.807) is 0 Å². The monoisotopic (exact) mass is 360 g/mol. The highest BCUT2D eigenvalue weighted by Crippen LogP contribution is 2.22. The van der Waals surface area contributed by atoms with Gasteiger partial charge in [-0.15, -0.1) is 12.4 Å². The van der Waals surface area contributed by atoms with Crippen molar-refractivity contribution >= 4 is 28.3 Å². The fourth-order valence-electron chi connectivity index (χ4n) is 3.03. The van der Waals surface area contributed by atoms with Crippen LogP contribution in [0.5, 0.6) is 0 Å². The minimum Gasteiger partial charge on any atom is -0.445 e. The predicted molar refractivity (Wildman–Crippen MR) is 89.4 cm³/mol. The Morgan fingerprint density at radius 2 is 2.04 bits per heavy atom. The van der Waals surface area contributed by atoms with E-state index in [0.717, 1.165) is 5.56 Å². The zero-order chi connectivity index (χ0) is 15.6. The number of carbonyl (C=O) groups excluding carboxylic acids is 1. The molecule has 2 saturated heterocycles. The molecule has 1 amide bonds. The van der Waals surface area contributed by atoms with Gasteiger partial charge in [-0.05, 0) is 12.0 Å². The quantitative estimate of drug-likeness (QED) is 0.857. The first-order chi connectivity index (χ1) is 10.6. The van der Waals surface area contributed by atoms with Crippen LogP contribution in [0.15, 0.2) is 30.3 Å². The van der Waals surface area contributed by atoms with Crippen LogP contribution in [-0.2, 0) is 21.2 Å². The summed E-state index contributed by atoms with van der Waals surface area (Å²) in [6.07, 6.45) is 0.202. The number of likely N-dealkylation sites (tertiary alicyclic amines) is 1. The summed E-state index contributed by atoms with van der Waals surface area (Å²) in [6.45, 7) is 1.45. The summed E-state index contributed by atoms with van der Waals surface area (Å²) < 4.78 is 29.6. The van der Waals surface area contributed by atoms with Crippen LogP contribution in [0, 0.1) is 0 Å². The number of hydrogen-bond donors (Lipinski definition) is 1. The lowest BCUT2D eigenvalue weighted by atomic mass is 10.0. The first-order valence-electron chi connectivity index (χ1n) is 7.47. The summed E-state index contributed by atoms with van der Waals surface area (Å²) in [6, 6.07) is 9.39. The third kappa shape index (κ3) is 4.16. The number of hydrogen-bond acceptors (Lipinski definition) is 5. The largest absolute Gasteiger partial charge is 0.445 e. The molecule has 6 nitrogen and oxygen atoms in total. The SMILES string of the molecule is Cl.O=C(OCc1ccccc1)N1CCC2NCCS(=O)(=O)C2C1. The lowest BCUT2D eigenvalue weighted by molar-refractivity contribution is 0.0856. The Kier molecular flexibility index (Phi) is 5.89. The summed E-state index contributed by atoms with van der Waals surface area (Å²) >= 11 is 0. The van der Waals surface area contributed by atoms with Crippen LogP contribution >= 0.6 is 12.4 Å². The Balaban J connectivity index is 0.00000192. The average molecular weight is 361 g/mol. The number of sulfone groups is 1. The number of piperidine rings is 1. The second kappa shape index (κ2) is 7.51. The molecule has 0 aromatic heterocycles. The molecule has 0 bridgehead atoms. The summed E-state index contributed by atoms with van der Waals surface area (Å²) in [4.78, 5) is 13.7. The van der Waals surface area contributed by atoms with E-state index in [-0.39, 0.29) is 37.4 Å². The van der Waals surface area contributed by atoms with Crippen LogP contribution in [0.4, 0.5) is 4.79 Å². The van der Waals surface area contributed by atoms with Gasteiger partial charge in [0, 0.05) is 25.7 Å². The molecule has 0 spiro atoms. The van der Waals surface area contributed by atoms with Gasteiger partial charge in [0.15, 0.2) is 9.84 Å². The van der Waals surface area contributed by atoms with Gasteiger partial charge in [0.05, 0.1) is 11.0 Å². The van der Waals surface area contributed by atoms with Crippen molar-refractivity contribution in [3.05, 3.63) is 35.9 Å². The molecule has 0 aliphatic carbocycles.